The van der Waals surface area contributed by atoms with Gasteiger partial charge in [0, 0.05) is 24.3 Å². The number of aryl methyl sites for hydroxylation is 2. The van der Waals surface area contributed by atoms with Crippen LogP contribution in [0.3, 0.4) is 0 Å². The Hall–Kier alpha value is -1.73. The molecule has 1 aromatic heterocycles. The van der Waals surface area contributed by atoms with Crippen molar-refractivity contribution in [2.24, 2.45) is 0 Å². The van der Waals surface area contributed by atoms with Crippen LogP contribution in [0.4, 0.5) is 0 Å². The normalized spacial score (nSPS) is 21.7. The Kier molecular flexibility index (Phi) is 5.21. The summed E-state index contributed by atoms with van der Waals surface area (Å²) in [5.74, 6) is 0.406. The number of nitrogens with zero attached hydrogens (tertiary/aromatic N) is 3. The van der Waals surface area contributed by atoms with Crippen LogP contribution in [-0.2, 0) is 11.2 Å². The molecule has 0 saturated carbocycles. The number of carbonyl (C=O) groups excluding carboxylic acids is 1. The van der Waals surface area contributed by atoms with Gasteiger partial charge in [0.1, 0.15) is 5.82 Å². The van der Waals surface area contributed by atoms with Gasteiger partial charge in [-0.05, 0) is 40.8 Å². The summed E-state index contributed by atoms with van der Waals surface area (Å²) < 4.78 is 0. The highest BCUT2D eigenvalue weighted by atomic mass is 16.3. The largest absolute Gasteiger partial charge is 0.387 e. The Balaban J connectivity index is 2.11. The van der Waals surface area contributed by atoms with E-state index in [1.807, 2.05) is 19.0 Å². The molecule has 2 rings (SSSR count). The molecule has 7 nitrogen and oxygen atoms in total. The van der Waals surface area contributed by atoms with Crippen molar-refractivity contribution in [2.75, 3.05) is 33.7 Å². The fourth-order valence-corrected chi connectivity index (χ4v) is 3.27. The SMILES string of the molecule is Cc1nc(C)c(CC(=O)N2CCC[C@](O)(CN(C)C)C2)c(=O)[nH]1. The molecule has 0 spiro atoms. The van der Waals surface area contributed by atoms with Crippen molar-refractivity contribution in [2.45, 2.75) is 38.7 Å². The molecule has 1 aliphatic rings. The van der Waals surface area contributed by atoms with Gasteiger partial charge in [0.15, 0.2) is 0 Å². The number of aromatic amines is 1. The summed E-state index contributed by atoms with van der Waals surface area (Å²) >= 11 is 0. The lowest BCUT2D eigenvalue weighted by atomic mass is 9.92. The monoisotopic (exact) mass is 322 g/mol. The first-order valence-corrected chi connectivity index (χ1v) is 7.91. The highest BCUT2D eigenvalue weighted by Gasteiger charge is 2.35. The molecule has 2 heterocycles. The van der Waals surface area contributed by atoms with E-state index in [0.29, 0.717) is 43.1 Å². The lowest BCUT2D eigenvalue weighted by Crippen LogP contribution is -2.55. The van der Waals surface area contributed by atoms with Gasteiger partial charge in [0.25, 0.3) is 5.56 Å². The fourth-order valence-electron chi connectivity index (χ4n) is 3.27. The topological polar surface area (TPSA) is 89.5 Å². The number of likely N-dealkylation sites (tertiary alicyclic amines) is 1. The van der Waals surface area contributed by atoms with E-state index in [1.54, 1.807) is 18.7 Å². The van der Waals surface area contributed by atoms with E-state index in [1.165, 1.54) is 0 Å². The van der Waals surface area contributed by atoms with E-state index in [4.69, 9.17) is 0 Å². The lowest BCUT2D eigenvalue weighted by Gasteiger charge is -2.40. The number of β-amino-alcohol motifs (C(OH)–C–C–N with tert-alkyl or cyclic N) is 1. The number of aromatic nitrogens is 2. The minimum Gasteiger partial charge on any atom is -0.387 e. The Labute approximate surface area is 136 Å². The van der Waals surface area contributed by atoms with Gasteiger partial charge >= 0.3 is 0 Å². The van der Waals surface area contributed by atoms with Gasteiger partial charge in [-0.3, -0.25) is 9.59 Å². The minimum absolute atomic E-state index is 0.0203. The van der Waals surface area contributed by atoms with E-state index < -0.39 is 5.60 Å². The molecular weight excluding hydrogens is 296 g/mol. The third kappa shape index (κ3) is 4.39. The molecule has 0 aromatic carbocycles. The van der Waals surface area contributed by atoms with Gasteiger partial charge in [-0.15, -0.1) is 0 Å². The van der Waals surface area contributed by atoms with Crippen LogP contribution in [0.5, 0.6) is 0 Å². The molecule has 7 heteroatoms. The smallest absolute Gasteiger partial charge is 0.254 e. The van der Waals surface area contributed by atoms with E-state index in [2.05, 4.69) is 9.97 Å². The second-order valence-electron chi connectivity index (χ2n) is 6.77. The van der Waals surface area contributed by atoms with Crippen LogP contribution in [0.2, 0.25) is 0 Å². The van der Waals surface area contributed by atoms with Crippen molar-refractivity contribution >= 4 is 5.91 Å². The average molecular weight is 322 g/mol. The van der Waals surface area contributed by atoms with E-state index in [0.717, 1.165) is 6.42 Å². The van der Waals surface area contributed by atoms with Gasteiger partial charge in [-0.1, -0.05) is 0 Å². The van der Waals surface area contributed by atoms with Crippen molar-refractivity contribution in [3.63, 3.8) is 0 Å². The van der Waals surface area contributed by atoms with Crippen LogP contribution >= 0.6 is 0 Å². The molecule has 1 aliphatic heterocycles. The molecule has 0 unspecified atom stereocenters. The van der Waals surface area contributed by atoms with E-state index in [9.17, 15) is 14.7 Å². The third-order valence-corrected chi connectivity index (χ3v) is 4.19. The standard InChI is InChI=1S/C16H26N4O3/c1-11-13(15(22)18-12(2)17-11)8-14(21)20-7-5-6-16(23,10-20)9-19(3)4/h23H,5-10H2,1-4H3,(H,17,18,22)/t16-/m0/s1. The fraction of sp³-hybridized carbons (Fsp3) is 0.688. The first-order chi connectivity index (χ1) is 10.7. The van der Waals surface area contributed by atoms with Crippen molar-refractivity contribution in [1.82, 2.24) is 19.8 Å². The first-order valence-electron chi connectivity index (χ1n) is 7.91. The second kappa shape index (κ2) is 6.80. The summed E-state index contributed by atoms with van der Waals surface area (Å²) in [4.78, 5) is 35.0. The maximum atomic E-state index is 12.6. The van der Waals surface area contributed by atoms with Crippen LogP contribution in [0, 0.1) is 13.8 Å². The molecule has 2 N–H and O–H groups in total. The van der Waals surface area contributed by atoms with Gasteiger partial charge in [0.2, 0.25) is 5.91 Å². The molecule has 1 saturated heterocycles. The first kappa shape index (κ1) is 17.6. The number of piperidine rings is 1. The predicted molar refractivity (Wildman–Crippen MR) is 87.4 cm³/mol. The molecule has 1 aromatic rings. The van der Waals surface area contributed by atoms with Crippen LogP contribution < -0.4 is 5.56 Å². The molecular formula is C16H26N4O3. The Morgan fingerprint density at radius 1 is 1.43 bits per heavy atom. The van der Waals surface area contributed by atoms with Gasteiger partial charge in [-0.25, -0.2) is 4.98 Å². The summed E-state index contributed by atoms with van der Waals surface area (Å²) in [5, 5.41) is 10.7. The maximum Gasteiger partial charge on any atom is 0.254 e. The number of H-pyrrole nitrogens is 1. The van der Waals surface area contributed by atoms with Gasteiger partial charge in [0.05, 0.1) is 18.6 Å². The maximum absolute atomic E-state index is 12.6. The molecule has 23 heavy (non-hydrogen) atoms. The number of amides is 1. The summed E-state index contributed by atoms with van der Waals surface area (Å²) in [7, 11) is 3.80. The molecule has 0 radical (unpaired) electrons. The number of rotatable bonds is 4. The predicted octanol–water partition coefficient (Wildman–Crippen LogP) is -0.156. The van der Waals surface area contributed by atoms with Crippen molar-refractivity contribution in [3.05, 3.63) is 27.4 Å². The zero-order valence-corrected chi connectivity index (χ0v) is 14.3. The Bertz CT molecular complexity index is 641. The number of hydrogen-bond acceptors (Lipinski definition) is 5. The van der Waals surface area contributed by atoms with Crippen LogP contribution in [0.15, 0.2) is 4.79 Å². The number of nitrogens with one attached hydrogen (secondary N) is 1. The van der Waals surface area contributed by atoms with Crippen molar-refractivity contribution in [1.29, 1.82) is 0 Å². The molecule has 1 amide bonds. The molecule has 128 valence electrons. The van der Waals surface area contributed by atoms with E-state index in [-0.39, 0.29) is 17.9 Å². The van der Waals surface area contributed by atoms with Gasteiger partial charge in [-0.2, -0.15) is 0 Å². The molecule has 1 atom stereocenters. The highest BCUT2D eigenvalue weighted by Crippen LogP contribution is 2.22. The van der Waals surface area contributed by atoms with Crippen LogP contribution in [0.1, 0.15) is 29.9 Å². The summed E-state index contributed by atoms with van der Waals surface area (Å²) in [6.07, 6.45) is 1.46. The molecule has 1 fully saturated rings. The van der Waals surface area contributed by atoms with Crippen LogP contribution in [-0.4, -0.2) is 70.1 Å². The zero-order chi connectivity index (χ0) is 17.2. The summed E-state index contributed by atoms with van der Waals surface area (Å²) in [5.41, 5.74) is -0.156. The number of likely N-dealkylation sites (N-methyl/N-ethyl adjacent to an activating group) is 1. The third-order valence-electron chi connectivity index (χ3n) is 4.19. The number of carbonyl (C=O) groups is 1. The quantitative estimate of drug-likeness (QED) is 0.804. The summed E-state index contributed by atoms with van der Waals surface area (Å²) in [6, 6.07) is 0. The van der Waals surface area contributed by atoms with Crippen molar-refractivity contribution < 1.29 is 9.90 Å². The van der Waals surface area contributed by atoms with Crippen molar-refractivity contribution in [3.8, 4) is 0 Å². The molecule has 0 bridgehead atoms. The minimum atomic E-state index is -0.885. The molecule has 0 aliphatic carbocycles. The zero-order valence-electron chi connectivity index (χ0n) is 14.3. The van der Waals surface area contributed by atoms with Gasteiger partial charge < -0.3 is 19.9 Å². The summed E-state index contributed by atoms with van der Waals surface area (Å²) in [6.45, 7) is 4.89. The highest BCUT2D eigenvalue weighted by molar-refractivity contribution is 5.79. The lowest BCUT2D eigenvalue weighted by molar-refractivity contribution is -0.138. The Morgan fingerprint density at radius 3 is 2.74 bits per heavy atom. The average Bonchev–Trinajstić information content (AvgIpc) is 2.41. The van der Waals surface area contributed by atoms with Crippen LogP contribution in [0.25, 0.3) is 0 Å². The number of aliphatic hydroxyl groups is 1. The number of hydrogen-bond donors (Lipinski definition) is 2. The van der Waals surface area contributed by atoms with E-state index >= 15 is 0 Å². The Morgan fingerprint density at radius 2 is 2.13 bits per heavy atom. The second-order valence-corrected chi connectivity index (χ2v) is 6.77.